The summed E-state index contributed by atoms with van der Waals surface area (Å²) in [6, 6.07) is 34.3. The molecule has 4 atom stereocenters. The zero-order valence-corrected chi connectivity index (χ0v) is 42.1. The molecule has 12 nitrogen and oxygen atoms in total. The van der Waals surface area contributed by atoms with Crippen molar-refractivity contribution < 1.29 is 44.2 Å². The lowest BCUT2D eigenvalue weighted by Gasteiger charge is -2.54. The van der Waals surface area contributed by atoms with Gasteiger partial charge in [0.25, 0.3) is 0 Å². The summed E-state index contributed by atoms with van der Waals surface area (Å²) in [4.78, 5) is 20.2. The highest BCUT2D eigenvalue weighted by atomic mass is 16.5. The number of hydrogen-bond donors (Lipinski definition) is 5. The standard InChI is InChI=1S/C61H68N3O9/c1-3-47-33-51-44-13-9-12-40(30-44)15-23-50-56-55(52(69)34-53(73-56)42-17-21-48(67)22-18-42)58(71-29-24-49(68)20-14-39-10-5-4-6-11-39)59(70-2)57(50)72-38-41(36-65)31-43-16-19-46(32-45(43)37-66)61(25-7-8-26-61)54-35-62-27-28-64(54)60(51)63-47/h4-6,9-14,16-22,30,32-33,41,49,53-54,62,65-68H,3,7-8,15,23-29,31,34-38H2,1-2H3/q-1/p+1. The number of anilines is 1. The molecule has 2 fully saturated rings. The summed E-state index contributed by atoms with van der Waals surface area (Å²) >= 11 is 0. The summed E-state index contributed by atoms with van der Waals surface area (Å²) in [6.07, 6.45) is 9.07. The van der Waals surface area contributed by atoms with E-state index in [4.69, 9.17) is 23.9 Å². The van der Waals surface area contributed by atoms with E-state index in [-0.39, 0.29) is 79.7 Å². The van der Waals surface area contributed by atoms with Crippen LogP contribution in [0.3, 0.4) is 0 Å². The van der Waals surface area contributed by atoms with Gasteiger partial charge in [-0.25, -0.2) is 0 Å². The number of aromatic nitrogens is 1. The van der Waals surface area contributed by atoms with Crippen LogP contribution in [-0.2, 0) is 37.7 Å². The quantitative estimate of drug-likeness (QED) is 0.0787. The molecular formula is C61H69N3O9. The summed E-state index contributed by atoms with van der Waals surface area (Å²) in [7, 11) is 1.55. The normalized spacial score (nSPS) is 20.1. The number of phenolic OH excluding ortho intramolecular Hbond substituents is 1. The summed E-state index contributed by atoms with van der Waals surface area (Å²) in [5.74, 6) is 2.02. The van der Waals surface area contributed by atoms with Crippen LogP contribution in [0.5, 0.6) is 28.7 Å². The van der Waals surface area contributed by atoms with Gasteiger partial charge in [-0.2, -0.15) is 0 Å². The fraction of sp³-hybridized carbons (Fsp3) is 0.393. The van der Waals surface area contributed by atoms with E-state index in [0.29, 0.717) is 41.9 Å². The molecule has 11 rings (SSSR count). The van der Waals surface area contributed by atoms with Crippen LogP contribution >= 0.6 is 0 Å². The molecule has 73 heavy (non-hydrogen) atoms. The second-order valence-corrected chi connectivity index (χ2v) is 20.2. The number of methoxy groups -OCH3 is 1. The molecule has 1 saturated heterocycles. The second kappa shape index (κ2) is 22.3. The highest BCUT2D eigenvalue weighted by Gasteiger charge is 2.45. The Morgan fingerprint density at radius 3 is 2.52 bits per heavy atom. The van der Waals surface area contributed by atoms with Crippen molar-refractivity contribution >= 4 is 17.7 Å². The minimum absolute atomic E-state index is 0.0372. The van der Waals surface area contributed by atoms with Gasteiger partial charge in [0.15, 0.2) is 17.1 Å². The molecule has 6 N–H and O–H groups in total. The second-order valence-electron chi connectivity index (χ2n) is 20.2. The van der Waals surface area contributed by atoms with Crippen molar-refractivity contribution in [2.24, 2.45) is 5.92 Å². The molecule has 382 valence electrons. The van der Waals surface area contributed by atoms with Gasteiger partial charge >= 0.3 is 5.78 Å². The molecule has 6 aromatic rings. The van der Waals surface area contributed by atoms with Crippen molar-refractivity contribution in [3.05, 3.63) is 159 Å². The largest absolute Gasteiger partial charge is 0.508 e. The molecule has 0 amide bonds. The van der Waals surface area contributed by atoms with E-state index in [1.54, 1.807) is 37.5 Å². The molecule has 4 bridgehead atoms. The summed E-state index contributed by atoms with van der Waals surface area (Å²) < 4.78 is 26.8. The topological polar surface area (TPSA) is 169 Å². The highest BCUT2D eigenvalue weighted by molar-refractivity contribution is 6.05. The van der Waals surface area contributed by atoms with E-state index < -0.39 is 12.2 Å². The molecule has 4 unspecified atom stereocenters. The molecule has 12 heteroatoms. The van der Waals surface area contributed by atoms with Gasteiger partial charge < -0.3 is 54.6 Å². The summed E-state index contributed by atoms with van der Waals surface area (Å²) in [5.41, 5.74) is 9.92. The van der Waals surface area contributed by atoms with E-state index in [9.17, 15) is 25.2 Å². The Labute approximate surface area is 428 Å². The van der Waals surface area contributed by atoms with Crippen molar-refractivity contribution in [2.75, 3.05) is 51.5 Å². The van der Waals surface area contributed by atoms with Gasteiger partial charge in [0.1, 0.15) is 24.0 Å². The SMILES string of the molecule is CCc1cc2c([n-]1)N1CCNCC1C1(CCCC1)c1ccc(c(CO)c1)CC(CO)COc1c(c3c(c(OCCC(O)C=Cc4ccccc4)c1OC)C(=[OH+])CC(c1ccc(O)cc1)O3)CCc1cccc-2c1. The highest BCUT2D eigenvalue weighted by Crippen LogP contribution is 2.54. The number of hydrogen-bond acceptors (Lipinski definition) is 10. The number of aliphatic hydroxyl groups is 3. The molecule has 1 aromatic heterocycles. The van der Waals surface area contributed by atoms with E-state index in [1.807, 2.05) is 36.4 Å². The number of fused-ring (bicyclic) bond motifs is 7. The van der Waals surface area contributed by atoms with Gasteiger partial charge in [0.05, 0.1) is 33.0 Å². The van der Waals surface area contributed by atoms with Crippen LogP contribution in [0.2, 0.25) is 0 Å². The predicted molar refractivity (Wildman–Crippen MR) is 285 cm³/mol. The molecule has 4 aliphatic heterocycles. The van der Waals surface area contributed by atoms with Crippen LogP contribution in [0.4, 0.5) is 5.82 Å². The molecular weight excluding hydrogens is 919 g/mol. The Kier molecular flexibility index (Phi) is 15.3. The lowest BCUT2D eigenvalue weighted by Crippen LogP contribution is -2.60. The van der Waals surface area contributed by atoms with Crippen LogP contribution in [0.15, 0.2) is 109 Å². The zero-order chi connectivity index (χ0) is 50.5. The number of benzene rings is 5. The summed E-state index contributed by atoms with van der Waals surface area (Å²) in [5, 5.41) is 47.2. The number of nitrogens with one attached hydrogen (secondary N) is 1. The van der Waals surface area contributed by atoms with Crippen molar-refractivity contribution in [3.63, 3.8) is 0 Å². The third-order valence-electron chi connectivity index (χ3n) is 15.7. The first-order valence-corrected chi connectivity index (χ1v) is 26.2. The van der Waals surface area contributed by atoms with Gasteiger partial charge in [-0.15, -0.1) is 0 Å². The fourth-order valence-electron chi connectivity index (χ4n) is 11.8. The van der Waals surface area contributed by atoms with Gasteiger partial charge in [0.2, 0.25) is 5.75 Å². The number of aryl methyl sites for hydroxylation is 2. The monoisotopic (exact) mass is 988 g/mol. The number of piperazine rings is 1. The average Bonchev–Trinajstić information content (AvgIpc) is 4.11. The third-order valence-corrected chi connectivity index (χ3v) is 15.7. The van der Waals surface area contributed by atoms with Gasteiger partial charge in [-0.05, 0) is 126 Å². The first kappa shape index (κ1) is 50.0. The number of phenols is 1. The van der Waals surface area contributed by atoms with Gasteiger partial charge in [-0.3, -0.25) is 4.79 Å². The van der Waals surface area contributed by atoms with Crippen molar-refractivity contribution in [1.82, 2.24) is 10.3 Å². The Morgan fingerprint density at radius 1 is 0.932 bits per heavy atom. The molecule has 0 radical (unpaired) electrons. The van der Waals surface area contributed by atoms with Crippen molar-refractivity contribution in [3.8, 4) is 39.9 Å². The van der Waals surface area contributed by atoms with Crippen LogP contribution in [0.1, 0.15) is 102 Å². The zero-order valence-electron chi connectivity index (χ0n) is 42.1. The smallest absolute Gasteiger partial charge is 0.335 e. The first-order chi connectivity index (χ1) is 35.7. The number of rotatable bonds is 11. The van der Waals surface area contributed by atoms with E-state index in [2.05, 4.69) is 65.7 Å². The molecule has 1 saturated carbocycles. The molecule has 5 aromatic carbocycles. The van der Waals surface area contributed by atoms with Crippen LogP contribution < -0.4 is 34.1 Å². The Morgan fingerprint density at radius 2 is 1.75 bits per heavy atom. The maximum absolute atomic E-state index is 12.2. The Bertz CT molecular complexity index is 2910. The number of aromatic hydroxyl groups is 1. The predicted octanol–water partition coefficient (Wildman–Crippen LogP) is 8.96. The number of carbonyl (C=O) groups excluding carboxylic acids is 1. The van der Waals surface area contributed by atoms with E-state index >= 15 is 0 Å². The lowest BCUT2D eigenvalue weighted by atomic mass is 9.70. The van der Waals surface area contributed by atoms with Crippen LogP contribution in [-0.4, -0.2) is 89.7 Å². The van der Waals surface area contributed by atoms with Crippen molar-refractivity contribution in [2.45, 2.75) is 101 Å². The fourth-order valence-corrected chi connectivity index (χ4v) is 11.8. The van der Waals surface area contributed by atoms with Crippen LogP contribution in [0, 0.1) is 5.92 Å². The maximum atomic E-state index is 12.2. The van der Waals surface area contributed by atoms with Gasteiger partial charge in [0, 0.05) is 24.5 Å². The van der Waals surface area contributed by atoms with Crippen molar-refractivity contribution in [1.29, 1.82) is 0 Å². The Balaban J connectivity index is 1.10. The minimum Gasteiger partial charge on any atom is -0.508 e. The average molecular weight is 988 g/mol. The van der Waals surface area contributed by atoms with E-state index in [1.165, 1.54) is 5.56 Å². The van der Waals surface area contributed by atoms with E-state index in [0.717, 1.165) is 102 Å². The molecule has 5 heterocycles. The first-order valence-electron chi connectivity index (χ1n) is 26.2. The molecule has 1 spiro atoms. The minimum atomic E-state index is -0.825. The number of ketones is 1. The summed E-state index contributed by atoms with van der Waals surface area (Å²) in [6.45, 7) is 4.47. The van der Waals surface area contributed by atoms with Crippen LogP contribution in [0.25, 0.3) is 17.2 Å². The number of aliphatic hydroxyl groups excluding tert-OH is 3. The number of nitrogens with zero attached hydrogens (tertiary/aromatic N) is 2. The third kappa shape index (κ3) is 10.4. The maximum Gasteiger partial charge on any atom is 0.335 e. The molecule has 5 aliphatic rings. The lowest BCUT2D eigenvalue weighted by molar-refractivity contribution is 0.152. The number of ether oxygens (including phenoxy) is 4. The molecule has 1 aliphatic carbocycles. The van der Waals surface area contributed by atoms with Gasteiger partial charge in [-0.1, -0.05) is 134 Å². The Hall–Kier alpha value is -6.57.